The first-order valence-corrected chi connectivity index (χ1v) is 11.3. The average Bonchev–Trinajstić information content (AvgIpc) is 2.96. The van der Waals surface area contributed by atoms with Crippen molar-refractivity contribution in [3.63, 3.8) is 0 Å². The van der Waals surface area contributed by atoms with E-state index < -0.39 is 10.0 Å². The third kappa shape index (κ3) is 5.40. The molecule has 6 nitrogen and oxygen atoms in total. The van der Waals surface area contributed by atoms with Gasteiger partial charge in [0, 0.05) is 21.8 Å². The molecule has 0 atom stereocenters. The smallest absolute Gasteiger partial charge is 0.229 e. The van der Waals surface area contributed by atoms with E-state index in [0.29, 0.717) is 11.4 Å². The molecule has 0 aliphatic carbocycles. The van der Waals surface area contributed by atoms with Crippen molar-refractivity contribution in [1.29, 1.82) is 0 Å². The SMILES string of the molecule is Cc1ccc(-c2nc(C)sc2CC(=O)Nc2ccc(NS(C)(=O)=O)cc2)cc1. The second-order valence-corrected chi connectivity index (χ2v) is 9.58. The Morgan fingerprint density at radius 1 is 1.00 bits per heavy atom. The Balaban J connectivity index is 1.71. The van der Waals surface area contributed by atoms with Gasteiger partial charge in [0.1, 0.15) is 0 Å². The van der Waals surface area contributed by atoms with Crippen molar-refractivity contribution in [2.45, 2.75) is 20.3 Å². The van der Waals surface area contributed by atoms with Crippen LogP contribution in [0.1, 0.15) is 15.4 Å². The van der Waals surface area contributed by atoms with Crippen LogP contribution in [-0.2, 0) is 21.2 Å². The van der Waals surface area contributed by atoms with E-state index in [0.717, 1.165) is 27.4 Å². The zero-order valence-corrected chi connectivity index (χ0v) is 17.4. The van der Waals surface area contributed by atoms with Crippen molar-refractivity contribution in [2.24, 2.45) is 0 Å². The number of carbonyl (C=O) groups is 1. The van der Waals surface area contributed by atoms with Crippen molar-refractivity contribution >= 4 is 38.6 Å². The van der Waals surface area contributed by atoms with Crippen molar-refractivity contribution in [2.75, 3.05) is 16.3 Å². The number of nitrogens with zero attached hydrogens (tertiary/aromatic N) is 1. The summed E-state index contributed by atoms with van der Waals surface area (Å²) in [5, 5.41) is 3.75. The van der Waals surface area contributed by atoms with Crippen LogP contribution in [0.4, 0.5) is 11.4 Å². The van der Waals surface area contributed by atoms with Gasteiger partial charge in [-0.2, -0.15) is 0 Å². The molecule has 1 heterocycles. The molecule has 0 unspecified atom stereocenters. The summed E-state index contributed by atoms with van der Waals surface area (Å²) in [6.45, 7) is 3.96. The van der Waals surface area contributed by atoms with E-state index in [-0.39, 0.29) is 12.3 Å². The molecular formula is C20H21N3O3S2. The lowest BCUT2D eigenvalue weighted by Crippen LogP contribution is -2.14. The molecule has 1 aromatic heterocycles. The number of aromatic nitrogens is 1. The highest BCUT2D eigenvalue weighted by molar-refractivity contribution is 7.92. The van der Waals surface area contributed by atoms with E-state index in [1.165, 1.54) is 16.9 Å². The van der Waals surface area contributed by atoms with E-state index in [2.05, 4.69) is 15.0 Å². The number of aryl methyl sites for hydroxylation is 2. The summed E-state index contributed by atoms with van der Waals surface area (Å²) in [7, 11) is -3.33. The monoisotopic (exact) mass is 415 g/mol. The number of anilines is 2. The molecule has 2 N–H and O–H groups in total. The molecule has 8 heteroatoms. The maximum absolute atomic E-state index is 12.5. The van der Waals surface area contributed by atoms with Gasteiger partial charge >= 0.3 is 0 Å². The predicted molar refractivity (Wildman–Crippen MR) is 114 cm³/mol. The lowest BCUT2D eigenvalue weighted by atomic mass is 10.1. The van der Waals surface area contributed by atoms with Gasteiger partial charge < -0.3 is 5.32 Å². The van der Waals surface area contributed by atoms with Crippen molar-refractivity contribution in [1.82, 2.24) is 4.98 Å². The Labute approximate surface area is 168 Å². The Hall–Kier alpha value is -2.71. The summed E-state index contributed by atoms with van der Waals surface area (Å²) in [5.74, 6) is -0.152. The Bertz CT molecular complexity index is 1090. The standard InChI is InChI=1S/C20H21N3O3S2/c1-13-4-6-15(7-5-13)20-18(27-14(2)21-20)12-19(24)22-16-8-10-17(11-9-16)23-28(3,25)26/h4-11,23H,12H2,1-3H3,(H,22,24). The zero-order chi connectivity index (χ0) is 20.3. The molecule has 0 saturated carbocycles. The van der Waals surface area contributed by atoms with Gasteiger partial charge in [-0.25, -0.2) is 13.4 Å². The normalized spacial score (nSPS) is 11.2. The minimum Gasteiger partial charge on any atom is -0.326 e. The number of hydrogen-bond donors (Lipinski definition) is 2. The lowest BCUT2D eigenvalue weighted by Gasteiger charge is -2.08. The van der Waals surface area contributed by atoms with Crippen LogP contribution in [0, 0.1) is 13.8 Å². The summed E-state index contributed by atoms with van der Waals surface area (Å²) >= 11 is 1.51. The zero-order valence-electron chi connectivity index (χ0n) is 15.8. The van der Waals surface area contributed by atoms with E-state index in [9.17, 15) is 13.2 Å². The maximum Gasteiger partial charge on any atom is 0.229 e. The molecule has 0 spiro atoms. The molecule has 2 aromatic carbocycles. The minimum atomic E-state index is -3.33. The number of benzene rings is 2. The van der Waals surface area contributed by atoms with Gasteiger partial charge in [-0.15, -0.1) is 11.3 Å². The van der Waals surface area contributed by atoms with Crippen molar-refractivity contribution < 1.29 is 13.2 Å². The average molecular weight is 416 g/mol. The number of sulfonamides is 1. The Kier molecular flexibility index (Phi) is 5.81. The molecule has 0 aliphatic heterocycles. The van der Waals surface area contributed by atoms with Crippen LogP contribution in [0.25, 0.3) is 11.3 Å². The summed E-state index contributed by atoms with van der Waals surface area (Å²) in [5.41, 5.74) is 4.05. The van der Waals surface area contributed by atoms with Crippen LogP contribution in [0.5, 0.6) is 0 Å². The fraction of sp³-hybridized carbons (Fsp3) is 0.200. The molecule has 3 aromatic rings. The molecule has 3 rings (SSSR count). The second kappa shape index (κ2) is 8.12. The third-order valence-electron chi connectivity index (χ3n) is 3.92. The molecule has 146 valence electrons. The van der Waals surface area contributed by atoms with Crippen LogP contribution in [0.3, 0.4) is 0 Å². The van der Waals surface area contributed by atoms with Gasteiger partial charge in [0.05, 0.1) is 23.4 Å². The molecule has 0 radical (unpaired) electrons. The van der Waals surface area contributed by atoms with Gasteiger partial charge in [-0.05, 0) is 38.1 Å². The van der Waals surface area contributed by atoms with Crippen LogP contribution in [-0.4, -0.2) is 25.6 Å². The van der Waals surface area contributed by atoms with Gasteiger partial charge in [0.25, 0.3) is 0 Å². The highest BCUT2D eigenvalue weighted by atomic mass is 32.2. The minimum absolute atomic E-state index is 0.152. The van der Waals surface area contributed by atoms with Crippen molar-refractivity contribution in [3.05, 3.63) is 64.0 Å². The van der Waals surface area contributed by atoms with Gasteiger partial charge in [-0.1, -0.05) is 29.8 Å². The van der Waals surface area contributed by atoms with Crippen molar-refractivity contribution in [3.8, 4) is 11.3 Å². The number of carbonyl (C=O) groups excluding carboxylic acids is 1. The summed E-state index contributed by atoms with van der Waals surface area (Å²) < 4.78 is 24.9. The van der Waals surface area contributed by atoms with Gasteiger partial charge in [-0.3, -0.25) is 9.52 Å². The summed E-state index contributed by atoms with van der Waals surface area (Å²) in [4.78, 5) is 18.0. The number of rotatable bonds is 6. The Morgan fingerprint density at radius 2 is 1.61 bits per heavy atom. The number of hydrogen-bond acceptors (Lipinski definition) is 5. The topological polar surface area (TPSA) is 88.2 Å². The molecule has 0 aliphatic rings. The summed E-state index contributed by atoms with van der Waals surface area (Å²) in [6.07, 6.45) is 1.31. The first-order chi connectivity index (χ1) is 13.2. The first-order valence-electron chi connectivity index (χ1n) is 8.61. The number of thiazole rings is 1. The van der Waals surface area contributed by atoms with E-state index in [4.69, 9.17) is 0 Å². The van der Waals surface area contributed by atoms with E-state index >= 15 is 0 Å². The fourth-order valence-electron chi connectivity index (χ4n) is 2.71. The van der Waals surface area contributed by atoms with Crippen LogP contribution in [0.2, 0.25) is 0 Å². The third-order valence-corrected chi connectivity index (χ3v) is 5.50. The molecule has 28 heavy (non-hydrogen) atoms. The lowest BCUT2D eigenvalue weighted by molar-refractivity contribution is -0.115. The molecule has 0 fully saturated rings. The van der Waals surface area contributed by atoms with Crippen LogP contribution >= 0.6 is 11.3 Å². The highest BCUT2D eigenvalue weighted by Crippen LogP contribution is 2.29. The van der Waals surface area contributed by atoms with Crippen LogP contribution < -0.4 is 10.0 Å². The molecule has 0 bridgehead atoms. The molecular weight excluding hydrogens is 394 g/mol. The largest absolute Gasteiger partial charge is 0.326 e. The summed E-state index contributed by atoms with van der Waals surface area (Å²) in [6, 6.07) is 14.6. The highest BCUT2D eigenvalue weighted by Gasteiger charge is 2.15. The van der Waals surface area contributed by atoms with Gasteiger partial charge in [0.2, 0.25) is 15.9 Å². The fourth-order valence-corrected chi connectivity index (χ4v) is 4.23. The van der Waals surface area contributed by atoms with Crippen LogP contribution in [0.15, 0.2) is 48.5 Å². The number of nitrogens with one attached hydrogen (secondary N) is 2. The first kappa shape index (κ1) is 20.0. The molecule has 1 amide bonds. The number of amides is 1. The quantitative estimate of drug-likeness (QED) is 0.637. The molecule has 0 saturated heterocycles. The van der Waals surface area contributed by atoms with E-state index in [1.54, 1.807) is 24.3 Å². The Morgan fingerprint density at radius 3 is 2.21 bits per heavy atom. The van der Waals surface area contributed by atoms with Gasteiger partial charge in [0.15, 0.2) is 0 Å². The maximum atomic E-state index is 12.5. The second-order valence-electron chi connectivity index (χ2n) is 6.55. The predicted octanol–water partition coefficient (Wildman–Crippen LogP) is 3.98. The van der Waals surface area contributed by atoms with E-state index in [1.807, 2.05) is 38.1 Å².